The van der Waals surface area contributed by atoms with Crippen molar-refractivity contribution in [1.82, 2.24) is 4.57 Å². The van der Waals surface area contributed by atoms with E-state index in [1.807, 2.05) is 6.07 Å². The minimum atomic E-state index is -0.0777. The number of aromatic nitrogens is 1. The Morgan fingerprint density at radius 2 is 2.06 bits per heavy atom. The van der Waals surface area contributed by atoms with Gasteiger partial charge in [0.25, 0.3) is 5.56 Å². The molecule has 2 rings (SSSR count). The molecule has 0 amide bonds. The highest BCUT2D eigenvalue weighted by Gasteiger charge is 2.11. The Kier molecular flexibility index (Phi) is 3.58. The maximum absolute atomic E-state index is 11.5. The average Bonchev–Trinajstić information content (AvgIpc) is 2.33. The molecular formula is C11H16N2O3. The largest absolute Gasteiger partial charge is 0.395 e. The molecule has 1 N–H and O–H groups in total. The van der Waals surface area contributed by atoms with E-state index in [0.29, 0.717) is 6.54 Å². The zero-order valence-electron chi connectivity index (χ0n) is 9.13. The summed E-state index contributed by atoms with van der Waals surface area (Å²) in [4.78, 5) is 13.6. The first-order valence-electron chi connectivity index (χ1n) is 5.45. The molecule has 1 fully saturated rings. The minimum absolute atomic E-state index is 0.0214. The molecule has 1 aromatic heterocycles. The highest BCUT2D eigenvalue weighted by molar-refractivity contribution is 5.44. The van der Waals surface area contributed by atoms with Gasteiger partial charge in [0.1, 0.15) is 0 Å². The number of anilines is 1. The summed E-state index contributed by atoms with van der Waals surface area (Å²) in [6.45, 7) is 3.45. The molecule has 16 heavy (non-hydrogen) atoms. The van der Waals surface area contributed by atoms with Crippen LogP contribution in [0.4, 0.5) is 5.69 Å². The summed E-state index contributed by atoms with van der Waals surface area (Å²) < 4.78 is 6.80. The minimum Gasteiger partial charge on any atom is -0.395 e. The van der Waals surface area contributed by atoms with E-state index in [1.165, 1.54) is 4.57 Å². The molecule has 0 saturated carbocycles. The van der Waals surface area contributed by atoms with E-state index in [-0.39, 0.29) is 12.2 Å². The van der Waals surface area contributed by atoms with Crippen molar-refractivity contribution in [2.45, 2.75) is 6.54 Å². The van der Waals surface area contributed by atoms with Crippen LogP contribution in [0.1, 0.15) is 0 Å². The maximum atomic E-state index is 11.5. The fraction of sp³-hybridized carbons (Fsp3) is 0.545. The third-order valence-electron chi connectivity index (χ3n) is 2.68. The summed E-state index contributed by atoms with van der Waals surface area (Å²) >= 11 is 0. The van der Waals surface area contributed by atoms with Crippen LogP contribution < -0.4 is 10.5 Å². The van der Waals surface area contributed by atoms with Crippen LogP contribution in [0.5, 0.6) is 0 Å². The molecule has 5 nitrogen and oxygen atoms in total. The van der Waals surface area contributed by atoms with Crippen molar-refractivity contribution in [3.8, 4) is 0 Å². The van der Waals surface area contributed by atoms with Crippen LogP contribution >= 0.6 is 0 Å². The monoisotopic (exact) mass is 224 g/mol. The summed E-state index contributed by atoms with van der Waals surface area (Å²) in [5, 5.41) is 8.85. The fourth-order valence-corrected chi connectivity index (χ4v) is 1.81. The van der Waals surface area contributed by atoms with Crippen LogP contribution in [0, 0.1) is 0 Å². The molecule has 0 unspecified atom stereocenters. The van der Waals surface area contributed by atoms with Crippen LogP contribution in [0.2, 0.25) is 0 Å². The molecule has 5 heteroatoms. The van der Waals surface area contributed by atoms with Gasteiger partial charge in [-0.15, -0.1) is 0 Å². The molecule has 1 aliphatic rings. The number of pyridine rings is 1. The van der Waals surface area contributed by atoms with Gasteiger partial charge in [-0.25, -0.2) is 0 Å². The highest BCUT2D eigenvalue weighted by Crippen LogP contribution is 2.13. The van der Waals surface area contributed by atoms with Crippen LogP contribution in [0.15, 0.2) is 23.1 Å². The number of aliphatic hydroxyl groups excluding tert-OH is 1. The molecular weight excluding hydrogens is 208 g/mol. The Morgan fingerprint density at radius 3 is 2.75 bits per heavy atom. The third kappa shape index (κ3) is 2.43. The van der Waals surface area contributed by atoms with E-state index in [2.05, 4.69) is 4.90 Å². The van der Waals surface area contributed by atoms with Crippen molar-refractivity contribution in [3.63, 3.8) is 0 Å². The molecule has 0 atom stereocenters. The van der Waals surface area contributed by atoms with Crippen LogP contribution in [-0.2, 0) is 11.3 Å². The molecule has 0 bridgehead atoms. The second-order valence-electron chi connectivity index (χ2n) is 3.74. The molecule has 0 aromatic carbocycles. The van der Waals surface area contributed by atoms with Crippen LogP contribution in [-0.4, -0.2) is 42.6 Å². The van der Waals surface area contributed by atoms with Crippen molar-refractivity contribution < 1.29 is 9.84 Å². The van der Waals surface area contributed by atoms with Crippen LogP contribution in [0.3, 0.4) is 0 Å². The second kappa shape index (κ2) is 5.14. The van der Waals surface area contributed by atoms with Gasteiger partial charge in [-0.2, -0.15) is 0 Å². The lowest BCUT2D eigenvalue weighted by Crippen LogP contribution is -2.37. The Labute approximate surface area is 93.9 Å². The average molecular weight is 224 g/mol. The normalized spacial score (nSPS) is 16.4. The highest BCUT2D eigenvalue weighted by atomic mass is 16.5. The number of ether oxygens (including phenoxy) is 1. The number of nitrogens with zero attached hydrogens (tertiary/aromatic N) is 2. The SMILES string of the molecule is O=c1ccc(N2CCOCC2)cn1CCO. The van der Waals surface area contributed by atoms with Gasteiger partial charge in [0.05, 0.1) is 25.5 Å². The lowest BCUT2D eigenvalue weighted by Gasteiger charge is -2.29. The fourth-order valence-electron chi connectivity index (χ4n) is 1.81. The van der Waals surface area contributed by atoms with Gasteiger partial charge in [-0.3, -0.25) is 4.79 Å². The van der Waals surface area contributed by atoms with Crippen molar-refractivity contribution in [3.05, 3.63) is 28.7 Å². The molecule has 0 radical (unpaired) electrons. The molecule has 1 aromatic rings. The molecule has 1 saturated heterocycles. The van der Waals surface area contributed by atoms with E-state index in [0.717, 1.165) is 32.0 Å². The van der Waals surface area contributed by atoms with Crippen LogP contribution in [0.25, 0.3) is 0 Å². The van der Waals surface area contributed by atoms with Crippen molar-refractivity contribution in [2.75, 3.05) is 37.8 Å². The van der Waals surface area contributed by atoms with Gasteiger partial charge in [0, 0.05) is 31.9 Å². The lowest BCUT2D eigenvalue weighted by atomic mass is 10.3. The quantitative estimate of drug-likeness (QED) is 0.764. The smallest absolute Gasteiger partial charge is 0.250 e. The predicted octanol–water partition coefficient (Wildman–Crippen LogP) is -0.323. The number of hydrogen-bond donors (Lipinski definition) is 1. The molecule has 2 heterocycles. The molecule has 0 spiro atoms. The van der Waals surface area contributed by atoms with E-state index in [4.69, 9.17) is 9.84 Å². The van der Waals surface area contributed by atoms with E-state index in [9.17, 15) is 4.79 Å². The Morgan fingerprint density at radius 1 is 1.31 bits per heavy atom. The zero-order valence-corrected chi connectivity index (χ0v) is 9.13. The summed E-state index contributed by atoms with van der Waals surface area (Å²) in [5.41, 5.74) is 0.933. The molecule has 1 aliphatic heterocycles. The number of hydrogen-bond acceptors (Lipinski definition) is 4. The van der Waals surface area contributed by atoms with Gasteiger partial charge >= 0.3 is 0 Å². The zero-order chi connectivity index (χ0) is 11.4. The third-order valence-corrected chi connectivity index (χ3v) is 2.68. The van der Waals surface area contributed by atoms with E-state index < -0.39 is 0 Å². The standard InChI is InChI=1S/C11H16N2O3/c14-6-3-13-9-10(1-2-11(13)15)12-4-7-16-8-5-12/h1-2,9,14H,3-8H2. The molecule has 88 valence electrons. The number of aliphatic hydroxyl groups is 1. The van der Waals surface area contributed by atoms with Gasteiger partial charge in [0.2, 0.25) is 0 Å². The van der Waals surface area contributed by atoms with Crippen molar-refractivity contribution >= 4 is 5.69 Å². The summed E-state index contributed by atoms with van der Waals surface area (Å²) in [6.07, 6.45) is 1.80. The number of morpholine rings is 1. The first-order chi connectivity index (χ1) is 7.81. The Hall–Kier alpha value is -1.33. The first kappa shape index (κ1) is 11.2. The Balaban J connectivity index is 2.20. The summed E-state index contributed by atoms with van der Waals surface area (Å²) in [5.74, 6) is 0. The summed E-state index contributed by atoms with van der Waals surface area (Å²) in [7, 11) is 0. The second-order valence-corrected chi connectivity index (χ2v) is 3.74. The maximum Gasteiger partial charge on any atom is 0.250 e. The number of rotatable bonds is 3. The molecule has 0 aliphatic carbocycles. The van der Waals surface area contributed by atoms with Gasteiger partial charge in [-0.05, 0) is 6.07 Å². The van der Waals surface area contributed by atoms with Gasteiger partial charge in [0.15, 0.2) is 0 Å². The first-order valence-corrected chi connectivity index (χ1v) is 5.45. The lowest BCUT2D eigenvalue weighted by molar-refractivity contribution is 0.122. The van der Waals surface area contributed by atoms with Crippen molar-refractivity contribution in [2.24, 2.45) is 0 Å². The summed E-state index contributed by atoms with van der Waals surface area (Å²) in [6, 6.07) is 3.36. The predicted molar refractivity (Wildman–Crippen MR) is 60.8 cm³/mol. The van der Waals surface area contributed by atoms with Crippen molar-refractivity contribution in [1.29, 1.82) is 0 Å². The van der Waals surface area contributed by atoms with Gasteiger partial charge in [-0.1, -0.05) is 0 Å². The van der Waals surface area contributed by atoms with Gasteiger partial charge < -0.3 is 19.3 Å². The van der Waals surface area contributed by atoms with E-state index >= 15 is 0 Å². The topological polar surface area (TPSA) is 54.7 Å². The van der Waals surface area contributed by atoms with E-state index in [1.54, 1.807) is 12.3 Å². The Bertz CT molecular complexity index is 396.